The molecule has 2 unspecified atom stereocenters. The first-order chi connectivity index (χ1) is 8.77. The summed E-state index contributed by atoms with van der Waals surface area (Å²) in [7, 11) is 2.24. The van der Waals surface area contributed by atoms with Gasteiger partial charge in [0, 0.05) is 12.7 Å². The number of nitrogens with zero attached hydrogens (tertiary/aromatic N) is 3. The Hall–Kier alpha value is -0.870. The van der Waals surface area contributed by atoms with E-state index >= 15 is 0 Å². The summed E-state index contributed by atoms with van der Waals surface area (Å²) in [5.74, 6) is 0.710. The Morgan fingerprint density at radius 3 is 3.00 bits per heavy atom. The molecule has 1 aromatic heterocycles. The van der Waals surface area contributed by atoms with Crippen molar-refractivity contribution in [1.29, 1.82) is 0 Å². The first-order valence-electron chi connectivity index (χ1n) is 7.18. The molecule has 0 aliphatic carbocycles. The van der Waals surface area contributed by atoms with Crippen LogP contribution in [0.1, 0.15) is 38.4 Å². The summed E-state index contributed by atoms with van der Waals surface area (Å²) >= 11 is 0. The minimum Gasteiger partial charge on any atom is -0.333 e. The van der Waals surface area contributed by atoms with Crippen molar-refractivity contribution in [2.45, 2.75) is 39.3 Å². The zero-order chi connectivity index (χ0) is 13.0. The van der Waals surface area contributed by atoms with Gasteiger partial charge in [-0.25, -0.2) is 4.98 Å². The molecule has 102 valence electrons. The van der Waals surface area contributed by atoms with Gasteiger partial charge in [-0.3, -0.25) is 4.90 Å². The molecule has 0 radical (unpaired) electrons. The summed E-state index contributed by atoms with van der Waals surface area (Å²) in [5, 5.41) is 3.50. The van der Waals surface area contributed by atoms with E-state index in [0.29, 0.717) is 12.0 Å². The van der Waals surface area contributed by atoms with Gasteiger partial charge < -0.3 is 9.88 Å². The van der Waals surface area contributed by atoms with Crippen LogP contribution in [0.25, 0.3) is 0 Å². The fraction of sp³-hybridized carbons (Fsp3) is 0.786. The second-order valence-electron chi connectivity index (χ2n) is 5.29. The van der Waals surface area contributed by atoms with E-state index in [1.165, 1.54) is 18.7 Å². The molecule has 1 fully saturated rings. The van der Waals surface area contributed by atoms with E-state index in [0.717, 1.165) is 26.1 Å². The van der Waals surface area contributed by atoms with Crippen molar-refractivity contribution < 1.29 is 0 Å². The van der Waals surface area contributed by atoms with Gasteiger partial charge in [0.1, 0.15) is 0 Å². The number of nitrogens with one attached hydrogen (secondary N) is 1. The van der Waals surface area contributed by atoms with Crippen molar-refractivity contribution in [3.8, 4) is 0 Å². The monoisotopic (exact) mass is 250 g/mol. The largest absolute Gasteiger partial charge is 0.333 e. The summed E-state index contributed by atoms with van der Waals surface area (Å²) in [6.45, 7) is 8.84. The fourth-order valence-electron chi connectivity index (χ4n) is 3.04. The second kappa shape index (κ2) is 6.34. The Morgan fingerprint density at radius 1 is 1.44 bits per heavy atom. The second-order valence-corrected chi connectivity index (χ2v) is 5.29. The third-order valence-electron chi connectivity index (χ3n) is 3.94. The average molecular weight is 250 g/mol. The van der Waals surface area contributed by atoms with Crippen molar-refractivity contribution in [2.24, 2.45) is 5.92 Å². The maximum atomic E-state index is 4.35. The highest BCUT2D eigenvalue weighted by atomic mass is 15.2. The molecule has 1 aromatic rings. The van der Waals surface area contributed by atoms with E-state index in [2.05, 4.69) is 46.9 Å². The Balaban J connectivity index is 2.14. The molecule has 0 amide bonds. The quantitative estimate of drug-likeness (QED) is 0.837. The first-order valence-corrected chi connectivity index (χ1v) is 7.18. The summed E-state index contributed by atoms with van der Waals surface area (Å²) in [6.07, 6.45) is 6.49. The Labute approximate surface area is 110 Å². The van der Waals surface area contributed by atoms with Crippen molar-refractivity contribution in [3.63, 3.8) is 0 Å². The van der Waals surface area contributed by atoms with Gasteiger partial charge >= 0.3 is 0 Å². The van der Waals surface area contributed by atoms with Crippen LogP contribution in [0.5, 0.6) is 0 Å². The number of aryl methyl sites for hydroxylation is 1. The molecule has 0 spiro atoms. The van der Waals surface area contributed by atoms with Crippen molar-refractivity contribution in [1.82, 2.24) is 19.8 Å². The molecule has 1 aliphatic heterocycles. The Morgan fingerprint density at radius 2 is 2.28 bits per heavy atom. The van der Waals surface area contributed by atoms with Crippen LogP contribution in [0.4, 0.5) is 0 Å². The van der Waals surface area contributed by atoms with Gasteiger partial charge in [-0.2, -0.15) is 0 Å². The van der Waals surface area contributed by atoms with Crippen LogP contribution >= 0.6 is 0 Å². The average Bonchev–Trinajstić information content (AvgIpc) is 2.94. The van der Waals surface area contributed by atoms with Gasteiger partial charge in [0.05, 0.1) is 18.1 Å². The van der Waals surface area contributed by atoms with Gasteiger partial charge in [0.15, 0.2) is 0 Å². The van der Waals surface area contributed by atoms with Crippen LogP contribution in [0.2, 0.25) is 0 Å². The fourth-order valence-corrected chi connectivity index (χ4v) is 3.04. The summed E-state index contributed by atoms with van der Waals surface area (Å²) in [6, 6.07) is 0.526. The lowest BCUT2D eigenvalue weighted by Gasteiger charge is -2.26. The lowest BCUT2D eigenvalue weighted by molar-refractivity contribution is 0.260. The van der Waals surface area contributed by atoms with E-state index in [4.69, 9.17) is 0 Å². The third kappa shape index (κ3) is 2.75. The molecule has 1 saturated heterocycles. The molecular weight excluding hydrogens is 224 g/mol. The molecule has 0 aromatic carbocycles. The normalized spacial score (nSPS) is 24.8. The van der Waals surface area contributed by atoms with Gasteiger partial charge in [0.2, 0.25) is 0 Å². The predicted molar refractivity (Wildman–Crippen MR) is 74.5 cm³/mol. The number of hydrogen-bond donors (Lipinski definition) is 1. The first kappa shape index (κ1) is 13.6. The van der Waals surface area contributed by atoms with Crippen molar-refractivity contribution >= 4 is 0 Å². The molecular formula is C14H26N4. The van der Waals surface area contributed by atoms with E-state index in [1.54, 1.807) is 0 Å². The van der Waals surface area contributed by atoms with Crippen LogP contribution in [0.15, 0.2) is 12.5 Å². The number of aromatic nitrogens is 2. The molecule has 1 N–H and O–H groups in total. The van der Waals surface area contributed by atoms with E-state index in [9.17, 15) is 0 Å². The van der Waals surface area contributed by atoms with Crippen LogP contribution in [0.3, 0.4) is 0 Å². The Kier molecular flexibility index (Phi) is 4.78. The van der Waals surface area contributed by atoms with Gasteiger partial charge in [0.25, 0.3) is 0 Å². The number of hydrogen-bond acceptors (Lipinski definition) is 3. The number of likely N-dealkylation sites (tertiary alicyclic amines) is 1. The van der Waals surface area contributed by atoms with Crippen LogP contribution in [-0.4, -0.2) is 41.1 Å². The molecule has 2 heterocycles. The lowest BCUT2D eigenvalue weighted by atomic mass is 9.97. The molecule has 0 saturated carbocycles. The molecule has 4 heteroatoms. The Bertz CT molecular complexity index is 360. The lowest BCUT2D eigenvalue weighted by Crippen LogP contribution is -2.29. The zero-order valence-corrected chi connectivity index (χ0v) is 11.9. The predicted octanol–water partition coefficient (Wildman–Crippen LogP) is 1.90. The highest BCUT2D eigenvalue weighted by molar-refractivity contribution is 5.10. The maximum Gasteiger partial charge on any atom is 0.0948 e. The van der Waals surface area contributed by atoms with Gasteiger partial charge in [-0.15, -0.1) is 0 Å². The number of imidazole rings is 1. The number of rotatable bonds is 6. The summed E-state index contributed by atoms with van der Waals surface area (Å²) < 4.78 is 2.32. The minimum atomic E-state index is 0.526. The van der Waals surface area contributed by atoms with Gasteiger partial charge in [-0.1, -0.05) is 13.8 Å². The maximum absolute atomic E-state index is 4.35. The highest BCUT2D eigenvalue weighted by Crippen LogP contribution is 2.35. The smallest absolute Gasteiger partial charge is 0.0948 e. The van der Waals surface area contributed by atoms with E-state index < -0.39 is 0 Å². The van der Waals surface area contributed by atoms with E-state index in [1.807, 2.05) is 6.33 Å². The van der Waals surface area contributed by atoms with Crippen molar-refractivity contribution in [3.05, 3.63) is 18.2 Å². The molecule has 0 bridgehead atoms. The van der Waals surface area contributed by atoms with E-state index in [-0.39, 0.29) is 0 Å². The van der Waals surface area contributed by atoms with Crippen LogP contribution < -0.4 is 5.32 Å². The molecule has 2 atom stereocenters. The highest BCUT2D eigenvalue weighted by Gasteiger charge is 2.34. The standard InChI is InChI=1S/C14H26N4/c1-4-7-18-11-16-10-13(18)14-12(9-15-5-2)6-8-17(14)3/h10-12,14-15H,4-9H2,1-3H3. The molecule has 2 rings (SSSR count). The molecule has 18 heavy (non-hydrogen) atoms. The third-order valence-corrected chi connectivity index (χ3v) is 3.94. The molecule has 1 aliphatic rings. The van der Waals surface area contributed by atoms with Gasteiger partial charge in [-0.05, 0) is 45.4 Å². The summed E-state index contributed by atoms with van der Waals surface area (Å²) in [5.41, 5.74) is 1.39. The van der Waals surface area contributed by atoms with Crippen LogP contribution in [0, 0.1) is 5.92 Å². The SMILES string of the molecule is CCCn1cncc1C1C(CNCC)CCN1C. The van der Waals surface area contributed by atoms with Crippen LogP contribution in [-0.2, 0) is 6.54 Å². The topological polar surface area (TPSA) is 33.1 Å². The molecule has 4 nitrogen and oxygen atoms in total. The zero-order valence-electron chi connectivity index (χ0n) is 11.9. The summed E-state index contributed by atoms with van der Waals surface area (Å²) in [4.78, 5) is 6.83. The van der Waals surface area contributed by atoms with Crippen molar-refractivity contribution in [2.75, 3.05) is 26.7 Å². The minimum absolute atomic E-state index is 0.526.